The normalized spacial score (nSPS) is 16.1. The summed E-state index contributed by atoms with van der Waals surface area (Å²) in [4.78, 5) is 56.9. The predicted molar refractivity (Wildman–Crippen MR) is 158 cm³/mol. The van der Waals surface area contributed by atoms with E-state index in [1.54, 1.807) is 36.9 Å². The van der Waals surface area contributed by atoms with Gasteiger partial charge in [0.15, 0.2) is 0 Å². The van der Waals surface area contributed by atoms with E-state index in [2.05, 4.69) is 6.07 Å². The molecule has 2 aliphatic heterocycles. The fourth-order valence-electron chi connectivity index (χ4n) is 5.97. The molecule has 2 aromatic carbocycles. The van der Waals surface area contributed by atoms with Gasteiger partial charge in [-0.1, -0.05) is 48.0 Å². The number of rotatable bonds is 6. The number of halogens is 1. The number of benzene rings is 2. The highest BCUT2D eigenvalue weighted by Gasteiger charge is 2.31. The van der Waals surface area contributed by atoms with Gasteiger partial charge in [0.25, 0.3) is 5.56 Å². The minimum absolute atomic E-state index is 0.0772. The van der Waals surface area contributed by atoms with Crippen LogP contribution in [0.1, 0.15) is 43.9 Å². The van der Waals surface area contributed by atoms with Gasteiger partial charge in [-0.3, -0.25) is 23.5 Å². The number of carbonyl (C=O) groups excluding carboxylic acids is 2. The zero-order chi connectivity index (χ0) is 29.3. The maximum atomic E-state index is 13.4. The van der Waals surface area contributed by atoms with Gasteiger partial charge in [0.2, 0.25) is 11.8 Å². The highest BCUT2D eigenvalue weighted by atomic mass is 35.5. The summed E-state index contributed by atoms with van der Waals surface area (Å²) >= 11 is 6.31. The van der Waals surface area contributed by atoms with Crippen LogP contribution in [0.25, 0.3) is 11.1 Å². The van der Waals surface area contributed by atoms with Gasteiger partial charge in [0.05, 0.1) is 24.1 Å². The Balaban J connectivity index is 1.33. The van der Waals surface area contributed by atoms with Crippen molar-refractivity contribution in [1.82, 2.24) is 18.9 Å². The van der Waals surface area contributed by atoms with Gasteiger partial charge >= 0.3 is 5.69 Å². The molecule has 9 nitrogen and oxygen atoms in total. The lowest BCUT2D eigenvalue weighted by Gasteiger charge is -2.38. The minimum Gasteiger partial charge on any atom is -0.495 e. The molecule has 2 amide bonds. The van der Waals surface area contributed by atoms with E-state index in [9.17, 15) is 19.2 Å². The van der Waals surface area contributed by atoms with Crippen molar-refractivity contribution in [3.63, 3.8) is 0 Å². The first-order valence-corrected chi connectivity index (χ1v) is 14.4. The number of carbonyl (C=O) groups is 2. The van der Waals surface area contributed by atoms with Crippen molar-refractivity contribution < 1.29 is 14.3 Å². The van der Waals surface area contributed by atoms with Gasteiger partial charge in [-0.05, 0) is 50.3 Å². The lowest BCUT2D eigenvalue weighted by molar-refractivity contribution is -0.136. The molecule has 216 valence electrons. The number of likely N-dealkylation sites (tertiary alicyclic amines) is 1. The topological polar surface area (TPSA) is 93.8 Å². The number of fused-ring (bicyclic) bond motifs is 1. The number of nitrogens with zero attached hydrogens (tertiary/aromatic N) is 4. The summed E-state index contributed by atoms with van der Waals surface area (Å²) in [5.74, 6) is 0.246. The Bertz CT molecular complexity index is 1590. The smallest absolute Gasteiger partial charge is 0.331 e. The molecule has 0 spiro atoms. The Morgan fingerprint density at radius 1 is 0.976 bits per heavy atom. The van der Waals surface area contributed by atoms with E-state index in [-0.39, 0.29) is 30.0 Å². The van der Waals surface area contributed by atoms with Crippen LogP contribution in [-0.4, -0.2) is 63.5 Å². The highest BCUT2D eigenvalue weighted by molar-refractivity contribution is 6.32. The van der Waals surface area contributed by atoms with E-state index in [0.717, 1.165) is 16.6 Å². The van der Waals surface area contributed by atoms with Crippen molar-refractivity contribution in [1.29, 1.82) is 0 Å². The number of hydrogen-bond acceptors (Lipinski definition) is 5. The zero-order valence-corrected chi connectivity index (χ0v) is 24.4. The van der Waals surface area contributed by atoms with E-state index in [4.69, 9.17) is 16.3 Å². The van der Waals surface area contributed by atoms with Crippen LogP contribution >= 0.6 is 11.6 Å². The van der Waals surface area contributed by atoms with Crippen LogP contribution in [0, 0.1) is 0 Å². The third kappa shape index (κ3) is 5.68. The second-order valence-electron chi connectivity index (χ2n) is 10.9. The summed E-state index contributed by atoms with van der Waals surface area (Å²) in [7, 11) is 1.47. The Morgan fingerprint density at radius 2 is 1.68 bits per heavy atom. The van der Waals surface area contributed by atoms with Crippen LogP contribution < -0.4 is 16.0 Å². The van der Waals surface area contributed by atoms with Crippen LogP contribution in [0.3, 0.4) is 0 Å². The van der Waals surface area contributed by atoms with Gasteiger partial charge in [-0.25, -0.2) is 4.79 Å². The second kappa shape index (κ2) is 11.9. The van der Waals surface area contributed by atoms with E-state index in [1.807, 2.05) is 23.1 Å². The molecular formula is C31H35ClN4O5. The number of para-hydroxylation sites is 1. The SMILES string of the molecule is COc1c(Cl)cccc1-c1cn(CC(=O)N2CCC(N3CCc4ccccc4CC3=O)CC2)c(=O)n(C(C)C)c1=O. The van der Waals surface area contributed by atoms with Crippen molar-refractivity contribution in [2.75, 3.05) is 26.7 Å². The molecule has 0 bridgehead atoms. The summed E-state index contributed by atoms with van der Waals surface area (Å²) in [6.45, 7) is 4.96. The van der Waals surface area contributed by atoms with Crippen LogP contribution in [0.4, 0.5) is 0 Å². The second-order valence-corrected chi connectivity index (χ2v) is 11.3. The highest BCUT2D eigenvalue weighted by Crippen LogP contribution is 2.34. The predicted octanol–water partition coefficient (Wildman–Crippen LogP) is 3.54. The number of aromatic nitrogens is 2. The van der Waals surface area contributed by atoms with Gasteiger partial charge in [0, 0.05) is 43.5 Å². The molecule has 0 radical (unpaired) electrons. The molecule has 5 rings (SSSR count). The number of amides is 2. The lowest BCUT2D eigenvalue weighted by atomic mass is 10.0. The summed E-state index contributed by atoms with van der Waals surface area (Å²) < 4.78 is 7.90. The molecule has 1 fully saturated rings. The molecule has 0 aliphatic carbocycles. The maximum absolute atomic E-state index is 13.4. The van der Waals surface area contributed by atoms with E-state index >= 15 is 0 Å². The quantitative estimate of drug-likeness (QED) is 0.446. The molecule has 2 aliphatic rings. The maximum Gasteiger partial charge on any atom is 0.331 e. The summed E-state index contributed by atoms with van der Waals surface area (Å²) in [5.41, 5.74) is 1.97. The Labute approximate surface area is 243 Å². The van der Waals surface area contributed by atoms with Gasteiger partial charge in [-0.2, -0.15) is 0 Å². The molecule has 3 aromatic rings. The fraction of sp³-hybridized carbons (Fsp3) is 0.419. The van der Waals surface area contributed by atoms with E-state index in [1.165, 1.54) is 23.4 Å². The van der Waals surface area contributed by atoms with Crippen molar-refractivity contribution in [2.24, 2.45) is 0 Å². The van der Waals surface area contributed by atoms with Gasteiger partial charge in [0.1, 0.15) is 12.3 Å². The number of ether oxygens (including phenoxy) is 1. The molecule has 0 atom stereocenters. The van der Waals surface area contributed by atoms with Crippen molar-refractivity contribution in [3.8, 4) is 16.9 Å². The average Bonchev–Trinajstić information content (AvgIpc) is 3.12. The van der Waals surface area contributed by atoms with Crippen molar-refractivity contribution in [2.45, 2.75) is 58.2 Å². The standard InChI is InChI=1S/C31H35ClN4O5/c1-20(2)36-30(39)25(24-9-6-10-26(32)29(24)41-3)18-34(31(36)40)19-28(38)33-14-12-23(13-15-33)35-16-11-21-7-4-5-8-22(21)17-27(35)37/h4-10,18,20,23H,11-17,19H2,1-3H3. The minimum atomic E-state index is -0.548. The molecule has 3 heterocycles. The molecule has 1 saturated heterocycles. The van der Waals surface area contributed by atoms with Crippen LogP contribution in [-0.2, 0) is 29.0 Å². The summed E-state index contributed by atoms with van der Waals surface area (Å²) in [6, 6.07) is 12.8. The third-order valence-electron chi connectivity index (χ3n) is 8.13. The fourth-order valence-corrected chi connectivity index (χ4v) is 6.22. The number of piperidine rings is 1. The molecule has 10 heteroatoms. The molecule has 1 aromatic heterocycles. The third-order valence-corrected chi connectivity index (χ3v) is 8.43. The molecule has 41 heavy (non-hydrogen) atoms. The summed E-state index contributed by atoms with van der Waals surface area (Å²) in [6.07, 6.45) is 4.02. The first-order chi connectivity index (χ1) is 19.7. The van der Waals surface area contributed by atoms with Gasteiger partial charge in [-0.15, -0.1) is 0 Å². The first kappa shape index (κ1) is 28.7. The van der Waals surface area contributed by atoms with Crippen LogP contribution in [0.2, 0.25) is 5.02 Å². The monoisotopic (exact) mass is 578 g/mol. The summed E-state index contributed by atoms with van der Waals surface area (Å²) in [5, 5.41) is 0.337. The Morgan fingerprint density at radius 3 is 2.37 bits per heavy atom. The number of hydrogen-bond donors (Lipinski definition) is 0. The van der Waals surface area contributed by atoms with Gasteiger partial charge < -0.3 is 14.5 Å². The van der Waals surface area contributed by atoms with Crippen LogP contribution in [0.15, 0.2) is 58.3 Å². The molecule has 0 N–H and O–H groups in total. The average molecular weight is 579 g/mol. The Kier molecular flexibility index (Phi) is 8.35. The lowest BCUT2D eigenvalue weighted by Crippen LogP contribution is -2.50. The van der Waals surface area contributed by atoms with Crippen LogP contribution in [0.5, 0.6) is 5.75 Å². The van der Waals surface area contributed by atoms with Crippen molar-refractivity contribution in [3.05, 3.63) is 85.6 Å². The number of methoxy groups -OCH3 is 1. The largest absolute Gasteiger partial charge is 0.495 e. The van der Waals surface area contributed by atoms with E-state index < -0.39 is 17.3 Å². The molecule has 0 unspecified atom stereocenters. The zero-order valence-electron chi connectivity index (χ0n) is 23.6. The Hall–Kier alpha value is -3.85. The molecule has 0 saturated carbocycles. The molecular weight excluding hydrogens is 544 g/mol. The first-order valence-electron chi connectivity index (χ1n) is 14.0. The van der Waals surface area contributed by atoms with E-state index in [0.29, 0.717) is 55.2 Å². The van der Waals surface area contributed by atoms with Crippen molar-refractivity contribution >= 4 is 23.4 Å².